The van der Waals surface area contributed by atoms with Crippen LogP contribution in [0.3, 0.4) is 0 Å². The fourth-order valence-corrected chi connectivity index (χ4v) is 2.65. The lowest BCUT2D eigenvalue weighted by Gasteiger charge is -2.23. The number of anilines is 1. The molecule has 0 aromatic heterocycles. The molecule has 0 bridgehead atoms. The molecule has 0 saturated heterocycles. The normalized spacial score (nSPS) is 17.5. The monoisotopic (exact) mass is 235 g/mol. The van der Waals surface area contributed by atoms with Crippen molar-refractivity contribution < 1.29 is 0 Å². The molecule has 1 N–H and O–H groups in total. The number of rotatable bonds is 5. The number of thioether (sulfide) groups is 1. The van der Waals surface area contributed by atoms with Crippen molar-refractivity contribution in [3.05, 3.63) is 24.3 Å². The molecular weight excluding hydrogens is 214 g/mol. The van der Waals surface area contributed by atoms with Crippen molar-refractivity contribution in [1.29, 1.82) is 0 Å². The van der Waals surface area contributed by atoms with Crippen molar-refractivity contribution in [2.24, 2.45) is 11.8 Å². The summed E-state index contributed by atoms with van der Waals surface area (Å²) in [7, 11) is 0. The summed E-state index contributed by atoms with van der Waals surface area (Å²) in [4.78, 5) is 1.34. The minimum absolute atomic E-state index is 0.650. The zero-order chi connectivity index (χ0) is 11.5. The van der Waals surface area contributed by atoms with Crippen LogP contribution in [-0.2, 0) is 0 Å². The van der Waals surface area contributed by atoms with Crippen LogP contribution >= 0.6 is 11.8 Å². The molecular formula is C14H21NS. The van der Waals surface area contributed by atoms with E-state index in [1.54, 1.807) is 11.8 Å². The molecule has 88 valence electrons. The van der Waals surface area contributed by atoms with Gasteiger partial charge in [-0.3, -0.25) is 0 Å². The molecule has 16 heavy (non-hydrogen) atoms. The van der Waals surface area contributed by atoms with Gasteiger partial charge >= 0.3 is 0 Å². The quantitative estimate of drug-likeness (QED) is 0.766. The molecule has 0 heterocycles. The predicted octanol–water partition coefficient (Wildman–Crippen LogP) is 4.26. The lowest BCUT2D eigenvalue weighted by molar-refractivity contribution is 0.477. The Morgan fingerprint density at radius 2 is 2.06 bits per heavy atom. The van der Waals surface area contributed by atoms with Gasteiger partial charge in [0.1, 0.15) is 0 Å². The van der Waals surface area contributed by atoms with E-state index in [-0.39, 0.29) is 0 Å². The molecule has 1 saturated carbocycles. The molecule has 1 fully saturated rings. The van der Waals surface area contributed by atoms with E-state index in [4.69, 9.17) is 0 Å². The van der Waals surface area contributed by atoms with Crippen LogP contribution in [0.1, 0.15) is 26.7 Å². The summed E-state index contributed by atoms with van der Waals surface area (Å²) in [6.07, 6.45) is 4.93. The first-order valence-electron chi connectivity index (χ1n) is 6.11. The van der Waals surface area contributed by atoms with E-state index in [1.165, 1.54) is 23.4 Å². The van der Waals surface area contributed by atoms with Gasteiger partial charge in [0, 0.05) is 16.6 Å². The molecule has 1 aromatic carbocycles. The Kier molecular flexibility index (Phi) is 3.80. The van der Waals surface area contributed by atoms with E-state index >= 15 is 0 Å². The summed E-state index contributed by atoms with van der Waals surface area (Å²) < 4.78 is 0. The second kappa shape index (κ2) is 5.13. The lowest BCUT2D eigenvalue weighted by atomic mass is 9.99. The topological polar surface area (TPSA) is 12.0 Å². The fourth-order valence-electron chi connectivity index (χ4n) is 2.19. The fraction of sp³-hybridized carbons (Fsp3) is 0.571. The van der Waals surface area contributed by atoms with E-state index in [0.717, 1.165) is 5.92 Å². The van der Waals surface area contributed by atoms with Crippen LogP contribution < -0.4 is 5.32 Å². The number of benzene rings is 1. The van der Waals surface area contributed by atoms with Gasteiger partial charge in [-0.05, 0) is 49.1 Å². The Hall–Kier alpha value is -0.630. The maximum absolute atomic E-state index is 3.70. The molecule has 0 aliphatic heterocycles. The Morgan fingerprint density at radius 1 is 1.31 bits per heavy atom. The zero-order valence-electron chi connectivity index (χ0n) is 10.4. The van der Waals surface area contributed by atoms with Gasteiger partial charge in [0.05, 0.1) is 0 Å². The first-order valence-corrected chi connectivity index (χ1v) is 7.34. The highest BCUT2D eigenvalue weighted by Crippen LogP contribution is 2.37. The highest BCUT2D eigenvalue weighted by molar-refractivity contribution is 7.98. The van der Waals surface area contributed by atoms with Crippen LogP contribution in [-0.4, -0.2) is 12.3 Å². The zero-order valence-corrected chi connectivity index (χ0v) is 11.2. The van der Waals surface area contributed by atoms with Crippen LogP contribution in [0.2, 0.25) is 0 Å². The molecule has 2 heteroatoms. The van der Waals surface area contributed by atoms with Crippen LogP contribution in [0.25, 0.3) is 0 Å². The lowest BCUT2D eigenvalue weighted by Crippen LogP contribution is -2.27. The molecule has 1 aliphatic carbocycles. The summed E-state index contributed by atoms with van der Waals surface area (Å²) in [6, 6.07) is 9.38. The summed E-state index contributed by atoms with van der Waals surface area (Å²) in [5, 5.41) is 3.70. The molecule has 0 amide bonds. The predicted molar refractivity (Wildman–Crippen MR) is 73.2 cm³/mol. The standard InChI is InChI=1S/C14H21NS/c1-10(2)14(11-7-8-11)15-12-5-4-6-13(9-12)16-3/h4-6,9-11,14-15H,7-8H2,1-3H3. The molecule has 1 aliphatic rings. The average molecular weight is 235 g/mol. The summed E-state index contributed by atoms with van der Waals surface area (Å²) in [5.41, 5.74) is 1.28. The third kappa shape index (κ3) is 2.94. The molecule has 1 nitrogen and oxygen atoms in total. The Bertz CT molecular complexity index is 342. The molecule has 0 radical (unpaired) electrons. The maximum atomic E-state index is 3.70. The molecule has 1 atom stereocenters. The van der Waals surface area contributed by atoms with Crippen molar-refractivity contribution in [2.45, 2.75) is 37.6 Å². The highest BCUT2D eigenvalue weighted by atomic mass is 32.2. The number of nitrogens with one attached hydrogen (secondary N) is 1. The van der Waals surface area contributed by atoms with Crippen LogP contribution in [0, 0.1) is 11.8 Å². The maximum Gasteiger partial charge on any atom is 0.0353 e. The highest BCUT2D eigenvalue weighted by Gasteiger charge is 2.32. The van der Waals surface area contributed by atoms with Gasteiger partial charge in [0.25, 0.3) is 0 Å². The van der Waals surface area contributed by atoms with Gasteiger partial charge in [-0.15, -0.1) is 11.8 Å². The molecule has 2 rings (SSSR count). The summed E-state index contributed by atoms with van der Waals surface area (Å²) >= 11 is 1.80. The molecule has 1 unspecified atom stereocenters. The summed E-state index contributed by atoms with van der Waals surface area (Å²) in [5.74, 6) is 1.61. The minimum atomic E-state index is 0.650. The van der Waals surface area contributed by atoms with Gasteiger partial charge < -0.3 is 5.32 Å². The third-order valence-corrected chi connectivity index (χ3v) is 3.98. The van der Waals surface area contributed by atoms with Crippen molar-refractivity contribution >= 4 is 17.4 Å². The minimum Gasteiger partial charge on any atom is -0.382 e. The van der Waals surface area contributed by atoms with E-state index in [2.05, 4.69) is 49.7 Å². The largest absolute Gasteiger partial charge is 0.382 e. The second-order valence-corrected chi connectivity index (χ2v) is 5.86. The van der Waals surface area contributed by atoms with Crippen molar-refractivity contribution in [2.75, 3.05) is 11.6 Å². The van der Waals surface area contributed by atoms with E-state index in [0.29, 0.717) is 12.0 Å². The third-order valence-electron chi connectivity index (χ3n) is 3.25. The van der Waals surface area contributed by atoms with E-state index in [1.807, 2.05) is 0 Å². The molecule has 1 aromatic rings. The van der Waals surface area contributed by atoms with Crippen LogP contribution in [0.15, 0.2) is 29.2 Å². The first-order chi connectivity index (χ1) is 7.70. The first kappa shape index (κ1) is 11.8. The Labute approximate surface area is 103 Å². The average Bonchev–Trinajstić information content (AvgIpc) is 3.10. The van der Waals surface area contributed by atoms with Gasteiger partial charge in [0.2, 0.25) is 0 Å². The van der Waals surface area contributed by atoms with Crippen molar-refractivity contribution in [1.82, 2.24) is 0 Å². The van der Waals surface area contributed by atoms with Crippen molar-refractivity contribution in [3.8, 4) is 0 Å². The smallest absolute Gasteiger partial charge is 0.0353 e. The van der Waals surface area contributed by atoms with Crippen molar-refractivity contribution in [3.63, 3.8) is 0 Å². The van der Waals surface area contributed by atoms with Gasteiger partial charge in [-0.1, -0.05) is 19.9 Å². The van der Waals surface area contributed by atoms with E-state index in [9.17, 15) is 0 Å². The van der Waals surface area contributed by atoms with Gasteiger partial charge in [-0.2, -0.15) is 0 Å². The Balaban J connectivity index is 2.05. The second-order valence-electron chi connectivity index (χ2n) is 4.98. The van der Waals surface area contributed by atoms with Gasteiger partial charge in [-0.25, -0.2) is 0 Å². The SMILES string of the molecule is CSc1cccc(NC(C(C)C)C2CC2)c1. The summed E-state index contributed by atoms with van der Waals surface area (Å²) in [6.45, 7) is 4.63. The Morgan fingerprint density at radius 3 is 2.62 bits per heavy atom. The number of hydrogen-bond donors (Lipinski definition) is 1. The van der Waals surface area contributed by atoms with Crippen LogP contribution in [0.5, 0.6) is 0 Å². The number of hydrogen-bond acceptors (Lipinski definition) is 2. The molecule has 0 spiro atoms. The van der Waals surface area contributed by atoms with Gasteiger partial charge in [0.15, 0.2) is 0 Å². The van der Waals surface area contributed by atoms with Crippen LogP contribution in [0.4, 0.5) is 5.69 Å². The van der Waals surface area contributed by atoms with E-state index < -0.39 is 0 Å².